The van der Waals surface area contributed by atoms with Crippen molar-refractivity contribution in [1.29, 1.82) is 0 Å². The molecule has 1 atom stereocenters. The number of rotatable bonds is 2. The van der Waals surface area contributed by atoms with Crippen molar-refractivity contribution in [1.82, 2.24) is 0 Å². The first kappa shape index (κ1) is 14.9. The number of carbonyl (C=O) groups is 2. The first-order valence-electron chi connectivity index (χ1n) is 6.98. The Bertz CT molecular complexity index is 637. The number of halogens is 3. The summed E-state index contributed by atoms with van der Waals surface area (Å²) in [7, 11) is 0. The van der Waals surface area contributed by atoms with Crippen molar-refractivity contribution >= 4 is 17.6 Å². The maximum atomic E-state index is 12.7. The Kier molecular flexibility index (Phi) is 3.19. The van der Waals surface area contributed by atoms with Crippen LogP contribution in [-0.2, 0) is 9.59 Å². The molecule has 1 saturated carbocycles. The van der Waals surface area contributed by atoms with E-state index in [9.17, 15) is 27.9 Å². The van der Waals surface area contributed by atoms with E-state index >= 15 is 0 Å². The Morgan fingerprint density at radius 3 is 2.41 bits per heavy atom. The molecule has 2 aliphatic rings. The van der Waals surface area contributed by atoms with Gasteiger partial charge in [0.05, 0.1) is 5.41 Å². The van der Waals surface area contributed by atoms with Crippen LogP contribution in [0.2, 0.25) is 0 Å². The number of alkyl halides is 3. The van der Waals surface area contributed by atoms with Gasteiger partial charge in [-0.05, 0) is 30.9 Å². The Hall–Kier alpha value is -2.05. The fourth-order valence-corrected chi connectivity index (χ4v) is 3.35. The Labute approximate surface area is 124 Å². The monoisotopic (exact) mass is 313 g/mol. The number of fused-ring (bicyclic) bond motifs is 1. The Balaban J connectivity index is 2.01. The fourth-order valence-electron chi connectivity index (χ4n) is 3.35. The maximum Gasteiger partial charge on any atom is 0.471 e. The summed E-state index contributed by atoms with van der Waals surface area (Å²) in [5.41, 5.74) is -0.191. The van der Waals surface area contributed by atoms with E-state index in [1.807, 2.05) is 0 Å². The third kappa shape index (κ3) is 2.15. The summed E-state index contributed by atoms with van der Waals surface area (Å²) in [5, 5.41) is 9.43. The first-order valence-corrected chi connectivity index (χ1v) is 6.98. The first-order chi connectivity index (χ1) is 10.3. The second-order valence-electron chi connectivity index (χ2n) is 5.82. The van der Waals surface area contributed by atoms with E-state index in [1.165, 1.54) is 6.07 Å². The number of anilines is 1. The molecule has 0 bridgehead atoms. The van der Waals surface area contributed by atoms with Crippen LogP contribution in [0.15, 0.2) is 24.3 Å². The molecule has 1 aliphatic heterocycles. The number of nitrogens with zero attached hydrogens (tertiary/aromatic N) is 1. The van der Waals surface area contributed by atoms with E-state index in [0.717, 1.165) is 0 Å². The molecule has 1 heterocycles. The SMILES string of the molecule is O=C(N1CCC(C2(C(=O)O)CC2)c2ccccc21)C(F)(F)F. The Morgan fingerprint density at radius 2 is 1.86 bits per heavy atom. The number of hydrogen-bond donors (Lipinski definition) is 1. The number of para-hydroxylation sites is 1. The Morgan fingerprint density at radius 1 is 1.23 bits per heavy atom. The summed E-state index contributed by atoms with van der Waals surface area (Å²) in [6.45, 7) is -0.116. The molecule has 118 valence electrons. The van der Waals surface area contributed by atoms with Crippen molar-refractivity contribution in [2.75, 3.05) is 11.4 Å². The predicted molar refractivity (Wildman–Crippen MR) is 71.5 cm³/mol. The number of carboxylic acids is 1. The van der Waals surface area contributed by atoms with Gasteiger partial charge in [0, 0.05) is 18.2 Å². The average molecular weight is 313 g/mol. The molecule has 1 fully saturated rings. The van der Waals surface area contributed by atoms with Gasteiger partial charge in [-0.1, -0.05) is 18.2 Å². The molecule has 1 amide bonds. The van der Waals surface area contributed by atoms with Gasteiger partial charge in [-0.3, -0.25) is 9.59 Å². The fraction of sp³-hybridized carbons (Fsp3) is 0.467. The van der Waals surface area contributed by atoms with Crippen LogP contribution in [0.5, 0.6) is 0 Å². The number of carbonyl (C=O) groups excluding carboxylic acids is 1. The molecular weight excluding hydrogens is 299 g/mol. The van der Waals surface area contributed by atoms with E-state index in [1.54, 1.807) is 18.2 Å². The van der Waals surface area contributed by atoms with Crippen LogP contribution in [-0.4, -0.2) is 29.7 Å². The lowest BCUT2D eigenvalue weighted by atomic mass is 9.77. The zero-order valence-corrected chi connectivity index (χ0v) is 11.6. The summed E-state index contributed by atoms with van der Waals surface area (Å²) in [5.74, 6) is -3.17. The van der Waals surface area contributed by atoms with Gasteiger partial charge >= 0.3 is 18.1 Å². The minimum absolute atomic E-state index is 0.116. The van der Waals surface area contributed by atoms with Gasteiger partial charge in [-0.2, -0.15) is 13.2 Å². The molecule has 0 aromatic heterocycles. The molecule has 1 aromatic rings. The molecule has 1 aliphatic carbocycles. The molecular formula is C15H14F3NO3. The highest BCUT2D eigenvalue weighted by molar-refractivity contribution is 5.98. The van der Waals surface area contributed by atoms with Crippen LogP contribution in [0, 0.1) is 5.41 Å². The summed E-state index contributed by atoms with van der Waals surface area (Å²) in [6.07, 6.45) is -3.67. The highest BCUT2D eigenvalue weighted by Gasteiger charge is 2.58. The molecule has 4 nitrogen and oxygen atoms in total. The van der Waals surface area contributed by atoms with Crippen LogP contribution in [0.25, 0.3) is 0 Å². The third-order valence-corrected chi connectivity index (χ3v) is 4.61. The highest BCUT2D eigenvalue weighted by atomic mass is 19.4. The molecule has 3 rings (SSSR count). The van der Waals surface area contributed by atoms with Crippen LogP contribution in [0.4, 0.5) is 18.9 Å². The summed E-state index contributed by atoms with van der Waals surface area (Å²) < 4.78 is 38.1. The lowest BCUT2D eigenvalue weighted by Gasteiger charge is -2.37. The zero-order valence-electron chi connectivity index (χ0n) is 11.6. The van der Waals surface area contributed by atoms with E-state index in [4.69, 9.17) is 0 Å². The van der Waals surface area contributed by atoms with Gasteiger partial charge in [0.1, 0.15) is 0 Å². The van der Waals surface area contributed by atoms with Crippen molar-refractivity contribution in [2.24, 2.45) is 5.41 Å². The van der Waals surface area contributed by atoms with Crippen LogP contribution >= 0.6 is 0 Å². The molecule has 1 unspecified atom stereocenters. The quantitative estimate of drug-likeness (QED) is 0.913. The van der Waals surface area contributed by atoms with E-state index < -0.39 is 23.5 Å². The van der Waals surface area contributed by atoms with Crippen molar-refractivity contribution in [3.05, 3.63) is 29.8 Å². The molecule has 7 heteroatoms. The molecule has 0 saturated heterocycles. The minimum atomic E-state index is -4.94. The molecule has 0 spiro atoms. The van der Waals surface area contributed by atoms with E-state index in [-0.39, 0.29) is 24.6 Å². The molecule has 1 N–H and O–H groups in total. The topological polar surface area (TPSA) is 57.6 Å². The molecule has 0 radical (unpaired) electrons. The van der Waals surface area contributed by atoms with Gasteiger partial charge < -0.3 is 10.0 Å². The summed E-state index contributed by atoms with van der Waals surface area (Å²) >= 11 is 0. The molecule has 1 aromatic carbocycles. The highest BCUT2D eigenvalue weighted by Crippen LogP contribution is 2.60. The van der Waals surface area contributed by atoms with Crippen LogP contribution in [0.1, 0.15) is 30.7 Å². The normalized spacial score (nSPS) is 22.9. The zero-order chi connectivity index (χ0) is 16.1. The summed E-state index contributed by atoms with van der Waals surface area (Å²) in [4.78, 5) is 23.8. The van der Waals surface area contributed by atoms with Crippen LogP contribution < -0.4 is 4.90 Å². The van der Waals surface area contributed by atoms with Gasteiger partial charge in [0.25, 0.3) is 0 Å². The predicted octanol–water partition coefficient (Wildman–Crippen LogP) is 2.93. The standard InChI is InChI=1S/C15H14F3NO3/c16-15(17,18)12(20)19-8-5-10(14(6-7-14)13(21)22)9-3-1-2-4-11(9)19/h1-4,10H,5-8H2,(H,21,22). The third-order valence-electron chi connectivity index (χ3n) is 4.61. The smallest absolute Gasteiger partial charge is 0.471 e. The summed E-state index contributed by atoms with van der Waals surface area (Å²) in [6, 6.07) is 6.28. The van der Waals surface area contributed by atoms with E-state index in [0.29, 0.717) is 23.3 Å². The lowest BCUT2D eigenvalue weighted by Crippen LogP contribution is -2.45. The number of aliphatic carboxylic acids is 1. The second-order valence-corrected chi connectivity index (χ2v) is 5.82. The van der Waals surface area contributed by atoms with Gasteiger partial charge in [0.15, 0.2) is 0 Å². The average Bonchev–Trinajstić information content (AvgIpc) is 3.26. The second kappa shape index (κ2) is 4.72. The number of benzene rings is 1. The van der Waals surface area contributed by atoms with Gasteiger partial charge in [-0.25, -0.2) is 0 Å². The minimum Gasteiger partial charge on any atom is -0.481 e. The maximum absolute atomic E-state index is 12.7. The van der Waals surface area contributed by atoms with Gasteiger partial charge in [-0.15, -0.1) is 0 Å². The van der Waals surface area contributed by atoms with Crippen LogP contribution in [0.3, 0.4) is 0 Å². The van der Waals surface area contributed by atoms with Crippen molar-refractivity contribution in [2.45, 2.75) is 31.4 Å². The number of amides is 1. The number of hydrogen-bond acceptors (Lipinski definition) is 2. The lowest BCUT2D eigenvalue weighted by molar-refractivity contribution is -0.170. The van der Waals surface area contributed by atoms with Crippen molar-refractivity contribution < 1.29 is 27.9 Å². The van der Waals surface area contributed by atoms with E-state index in [2.05, 4.69) is 0 Å². The van der Waals surface area contributed by atoms with Gasteiger partial charge in [0.2, 0.25) is 0 Å². The number of carboxylic acid groups (broad SMARTS) is 1. The largest absolute Gasteiger partial charge is 0.481 e. The van der Waals surface area contributed by atoms with Crippen molar-refractivity contribution in [3.8, 4) is 0 Å². The molecule has 22 heavy (non-hydrogen) atoms. The van der Waals surface area contributed by atoms with Crippen molar-refractivity contribution in [3.63, 3.8) is 0 Å².